The lowest BCUT2D eigenvalue weighted by Gasteiger charge is -2.21. The lowest BCUT2D eigenvalue weighted by Crippen LogP contribution is -2.36. The maximum Gasteiger partial charge on any atom is 0.257 e. The fraction of sp³-hybridized carbons (Fsp3) is 0.308. The molecule has 0 saturated carbocycles. The first-order valence-corrected chi connectivity index (χ1v) is 10.9. The molecule has 5 heteroatoms. The van der Waals surface area contributed by atoms with Crippen molar-refractivity contribution in [2.24, 2.45) is 0 Å². The normalized spacial score (nSPS) is 10.8. The van der Waals surface area contributed by atoms with Gasteiger partial charge >= 0.3 is 0 Å². The molecule has 31 heavy (non-hydrogen) atoms. The standard InChI is InChI=1S/C26H30N2O3/c1-2-17-28(26(30)23-15-19-31-20-23)18-14-25(29)27-16-13-24(21-9-5-3-6-10-21)22-11-7-4-8-12-22/h3-12,15,19-20,24H,2,13-14,16-18H2,1H3,(H,27,29). The first-order chi connectivity index (χ1) is 15.2. The van der Waals surface area contributed by atoms with Gasteiger partial charge in [0.1, 0.15) is 6.26 Å². The molecule has 1 aromatic heterocycles. The molecule has 0 atom stereocenters. The molecule has 3 aromatic rings. The summed E-state index contributed by atoms with van der Waals surface area (Å²) in [5, 5.41) is 3.03. The van der Waals surface area contributed by atoms with Crippen molar-refractivity contribution in [1.29, 1.82) is 0 Å². The predicted octanol–water partition coefficient (Wildman–Crippen LogP) is 4.86. The monoisotopic (exact) mass is 418 g/mol. The van der Waals surface area contributed by atoms with E-state index in [9.17, 15) is 9.59 Å². The van der Waals surface area contributed by atoms with Crippen LogP contribution in [-0.4, -0.2) is 36.3 Å². The maximum atomic E-state index is 12.6. The Labute approximate surface area is 184 Å². The molecule has 1 N–H and O–H groups in total. The van der Waals surface area contributed by atoms with Crippen molar-refractivity contribution in [3.8, 4) is 0 Å². The molecule has 0 unspecified atom stereocenters. The second kappa shape index (κ2) is 11.7. The molecule has 2 amide bonds. The molecule has 0 saturated heterocycles. The van der Waals surface area contributed by atoms with Crippen molar-refractivity contribution in [3.63, 3.8) is 0 Å². The van der Waals surface area contributed by atoms with Crippen LogP contribution in [0.2, 0.25) is 0 Å². The number of nitrogens with zero attached hydrogens (tertiary/aromatic N) is 1. The smallest absolute Gasteiger partial charge is 0.257 e. The molecule has 0 aliphatic heterocycles. The van der Waals surface area contributed by atoms with E-state index in [1.54, 1.807) is 11.0 Å². The summed E-state index contributed by atoms with van der Waals surface area (Å²) in [7, 11) is 0. The van der Waals surface area contributed by atoms with Crippen LogP contribution < -0.4 is 5.32 Å². The van der Waals surface area contributed by atoms with Crippen LogP contribution in [0.1, 0.15) is 53.6 Å². The van der Waals surface area contributed by atoms with Gasteiger partial charge in [-0.2, -0.15) is 0 Å². The average molecular weight is 419 g/mol. The zero-order valence-corrected chi connectivity index (χ0v) is 18.0. The highest BCUT2D eigenvalue weighted by Crippen LogP contribution is 2.27. The zero-order chi connectivity index (χ0) is 21.9. The van der Waals surface area contributed by atoms with Crippen LogP contribution in [0.3, 0.4) is 0 Å². The van der Waals surface area contributed by atoms with Crippen molar-refractivity contribution < 1.29 is 14.0 Å². The van der Waals surface area contributed by atoms with Crippen LogP contribution in [0, 0.1) is 0 Å². The van der Waals surface area contributed by atoms with E-state index in [2.05, 4.69) is 29.6 Å². The molecule has 0 fully saturated rings. The molecule has 0 aliphatic carbocycles. The number of furan rings is 1. The largest absolute Gasteiger partial charge is 0.472 e. The molecule has 5 nitrogen and oxygen atoms in total. The Kier molecular flexibility index (Phi) is 8.47. The van der Waals surface area contributed by atoms with Crippen LogP contribution in [0.15, 0.2) is 83.7 Å². The Bertz CT molecular complexity index is 884. The zero-order valence-electron chi connectivity index (χ0n) is 18.0. The van der Waals surface area contributed by atoms with E-state index >= 15 is 0 Å². The number of amides is 2. The van der Waals surface area contributed by atoms with Gasteiger partial charge in [-0.25, -0.2) is 0 Å². The number of nitrogens with one attached hydrogen (secondary N) is 1. The third-order valence-corrected chi connectivity index (χ3v) is 5.32. The van der Waals surface area contributed by atoms with Crippen LogP contribution >= 0.6 is 0 Å². The fourth-order valence-corrected chi connectivity index (χ4v) is 3.73. The summed E-state index contributed by atoms with van der Waals surface area (Å²) in [4.78, 5) is 26.7. The van der Waals surface area contributed by atoms with Gasteiger partial charge in [-0.05, 0) is 30.0 Å². The summed E-state index contributed by atoms with van der Waals surface area (Å²) in [6, 6.07) is 22.4. The van der Waals surface area contributed by atoms with Crippen LogP contribution in [0.5, 0.6) is 0 Å². The van der Waals surface area contributed by atoms with Crippen LogP contribution in [-0.2, 0) is 4.79 Å². The maximum absolute atomic E-state index is 12.6. The van der Waals surface area contributed by atoms with Crippen molar-refractivity contribution in [1.82, 2.24) is 10.2 Å². The molecule has 0 bridgehead atoms. The van der Waals surface area contributed by atoms with Crippen molar-refractivity contribution in [3.05, 3.63) is 95.9 Å². The Balaban J connectivity index is 1.52. The Hall–Kier alpha value is -3.34. The predicted molar refractivity (Wildman–Crippen MR) is 122 cm³/mol. The second-order valence-corrected chi connectivity index (χ2v) is 7.57. The highest BCUT2D eigenvalue weighted by atomic mass is 16.3. The molecule has 0 spiro atoms. The summed E-state index contributed by atoms with van der Waals surface area (Å²) >= 11 is 0. The molecule has 1 heterocycles. The van der Waals surface area contributed by atoms with Gasteiger partial charge in [0, 0.05) is 32.0 Å². The molecule has 0 aliphatic rings. The molecular weight excluding hydrogens is 388 g/mol. The summed E-state index contributed by atoms with van der Waals surface area (Å²) < 4.78 is 5.01. The van der Waals surface area contributed by atoms with Gasteiger partial charge in [0.15, 0.2) is 0 Å². The van der Waals surface area contributed by atoms with Crippen molar-refractivity contribution in [2.45, 2.75) is 32.1 Å². The number of carbonyl (C=O) groups is 2. The van der Waals surface area contributed by atoms with E-state index in [4.69, 9.17) is 4.42 Å². The SMILES string of the molecule is CCCN(CCC(=O)NCCC(c1ccccc1)c1ccccc1)C(=O)c1ccoc1. The third kappa shape index (κ3) is 6.57. The molecule has 162 valence electrons. The minimum Gasteiger partial charge on any atom is -0.472 e. The minimum atomic E-state index is -0.100. The summed E-state index contributed by atoms with van der Waals surface area (Å²) in [6.07, 6.45) is 4.86. The lowest BCUT2D eigenvalue weighted by molar-refractivity contribution is -0.121. The topological polar surface area (TPSA) is 62.6 Å². The average Bonchev–Trinajstić information content (AvgIpc) is 3.35. The summed E-state index contributed by atoms with van der Waals surface area (Å²) in [5.41, 5.74) is 2.99. The quantitative estimate of drug-likeness (QED) is 0.484. The Morgan fingerprint density at radius 3 is 2.13 bits per heavy atom. The van der Waals surface area contributed by atoms with Gasteiger partial charge in [-0.15, -0.1) is 0 Å². The van der Waals surface area contributed by atoms with Crippen molar-refractivity contribution >= 4 is 11.8 Å². The van der Waals surface area contributed by atoms with Gasteiger partial charge in [0.05, 0.1) is 11.8 Å². The van der Waals surface area contributed by atoms with Gasteiger partial charge in [0.2, 0.25) is 5.91 Å². The Morgan fingerprint density at radius 2 is 1.58 bits per heavy atom. The second-order valence-electron chi connectivity index (χ2n) is 7.57. The van der Waals surface area contributed by atoms with Gasteiger partial charge in [-0.1, -0.05) is 67.6 Å². The highest BCUT2D eigenvalue weighted by Gasteiger charge is 2.18. The van der Waals surface area contributed by atoms with E-state index in [0.29, 0.717) is 25.2 Å². The summed E-state index contributed by atoms with van der Waals surface area (Å²) in [6.45, 7) is 3.60. The van der Waals surface area contributed by atoms with Gasteiger partial charge in [0.25, 0.3) is 5.91 Å². The van der Waals surface area contributed by atoms with E-state index in [0.717, 1.165) is 12.8 Å². The third-order valence-electron chi connectivity index (χ3n) is 5.32. The molecule has 0 radical (unpaired) electrons. The highest BCUT2D eigenvalue weighted by molar-refractivity contribution is 5.94. The van der Waals surface area contributed by atoms with Gasteiger partial charge in [-0.3, -0.25) is 9.59 Å². The van der Waals surface area contributed by atoms with E-state index in [-0.39, 0.29) is 24.2 Å². The Morgan fingerprint density at radius 1 is 0.935 bits per heavy atom. The molecule has 3 rings (SSSR count). The summed E-state index contributed by atoms with van der Waals surface area (Å²) in [5.74, 6) is 0.0829. The van der Waals surface area contributed by atoms with Crippen LogP contribution in [0.4, 0.5) is 0 Å². The first kappa shape index (κ1) is 22.3. The lowest BCUT2D eigenvalue weighted by atomic mass is 9.88. The van der Waals surface area contributed by atoms with E-state index in [1.165, 1.54) is 23.7 Å². The van der Waals surface area contributed by atoms with Crippen molar-refractivity contribution in [2.75, 3.05) is 19.6 Å². The van der Waals surface area contributed by atoms with Crippen LogP contribution in [0.25, 0.3) is 0 Å². The van der Waals surface area contributed by atoms with E-state index < -0.39 is 0 Å². The number of hydrogen-bond donors (Lipinski definition) is 1. The van der Waals surface area contributed by atoms with Gasteiger partial charge < -0.3 is 14.6 Å². The first-order valence-electron chi connectivity index (χ1n) is 10.9. The number of benzene rings is 2. The van der Waals surface area contributed by atoms with E-state index in [1.807, 2.05) is 43.3 Å². The molecule has 2 aromatic carbocycles. The number of rotatable bonds is 11. The minimum absolute atomic E-state index is 0.0408. The molecular formula is C26H30N2O3. The fourth-order valence-electron chi connectivity index (χ4n) is 3.73. The number of carbonyl (C=O) groups excluding carboxylic acids is 2. The number of hydrogen-bond acceptors (Lipinski definition) is 3.